The van der Waals surface area contributed by atoms with Gasteiger partial charge in [0, 0.05) is 0 Å². The van der Waals surface area contributed by atoms with E-state index < -0.39 is 29.2 Å². The van der Waals surface area contributed by atoms with Crippen molar-refractivity contribution in [3.8, 4) is 0 Å². The molecule has 0 unspecified atom stereocenters. The maximum atomic E-state index is 12.7. The number of ether oxygens (including phenoxy) is 1. The van der Waals surface area contributed by atoms with Crippen molar-refractivity contribution >= 4 is 40.8 Å². The molecule has 0 radical (unpaired) electrons. The number of rotatable bonds is 2. The highest BCUT2D eigenvalue weighted by molar-refractivity contribution is 6.48. The predicted octanol–water partition coefficient (Wildman–Crippen LogP) is 0.720. The van der Waals surface area contributed by atoms with E-state index in [1.54, 1.807) is 24.3 Å². The number of hydrogen-bond acceptors (Lipinski definition) is 6. The summed E-state index contributed by atoms with van der Waals surface area (Å²) in [4.78, 5) is 38.1. The molecule has 1 N–H and O–H groups in total. The van der Waals surface area contributed by atoms with Crippen molar-refractivity contribution in [3.05, 3.63) is 29.3 Å². The molecule has 0 saturated carbocycles. The number of halogens is 1. The minimum absolute atomic E-state index is 0.113. The summed E-state index contributed by atoms with van der Waals surface area (Å²) in [7, 11) is 1.19. The average Bonchev–Trinajstić information content (AvgIpc) is 2.95. The van der Waals surface area contributed by atoms with Crippen LogP contribution in [0.1, 0.15) is 6.92 Å². The molecule has 2 aliphatic heterocycles. The molecule has 0 aromatic heterocycles. The van der Waals surface area contributed by atoms with Crippen molar-refractivity contribution < 1.29 is 19.1 Å². The molecule has 2 aliphatic rings. The summed E-state index contributed by atoms with van der Waals surface area (Å²) in [6.07, 6.45) is 0. The average molecular weight is 322 g/mol. The van der Waals surface area contributed by atoms with Gasteiger partial charge in [-0.2, -0.15) is 5.10 Å². The van der Waals surface area contributed by atoms with Gasteiger partial charge in [0.15, 0.2) is 5.71 Å². The summed E-state index contributed by atoms with van der Waals surface area (Å²) in [5.41, 5.74) is 1.44. The molecule has 3 rings (SSSR count). The number of hydrazone groups is 1. The van der Waals surface area contributed by atoms with Gasteiger partial charge in [0.25, 0.3) is 5.91 Å². The van der Waals surface area contributed by atoms with Crippen molar-refractivity contribution in [1.82, 2.24) is 5.43 Å². The molecule has 0 spiro atoms. The van der Waals surface area contributed by atoms with Gasteiger partial charge in [-0.05, 0) is 19.1 Å². The van der Waals surface area contributed by atoms with Gasteiger partial charge in [0.1, 0.15) is 11.5 Å². The molecule has 1 fully saturated rings. The van der Waals surface area contributed by atoms with Gasteiger partial charge in [-0.3, -0.25) is 15.0 Å². The fourth-order valence-corrected chi connectivity index (χ4v) is 2.93. The topological polar surface area (TPSA) is 88.1 Å². The largest absolute Gasteiger partial charge is 0.464 e. The van der Waals surface area contributed by atoms with E-state index in [0.717, 1.165) is 4.90 Å². The number of nitrogens with one attached hydrogen (secondary N) is 1. The van der Waals surface area contributed by atoms with Crippen LogP contribution in [-0.4, -0.2) is 36.1 Å². The second kappa shape index (κ2) is 4.81. The zero-order valence-electron chi connectivity index (χ0n) is 11.8. The number of nitrogens with zero attached hydrogens (tertiary/aromatic N) is 2. The van der Waals surface area contributed by atoms with Gasteiger partial charge in [0.05, 0.1) is 17.8 Å². The van der Waals surface area contributed by atoms with Gasteiger partial charge in [-0.1, -0.05) is 23.7 Å². The third-order valence-electron chi connectivity index (χ3n) is 3.86. The number of fused-ring (bicyclic) bond motifs is 1. The Kier molecular flexibility index (Phi) is 3.17. The van der Waals surface area contributed by atoms with E-state index in [1.807, 2.05) is 0 Å². The summed E-state index contributed by atoms with van der Waals surface area (Å²) in [6.45, 7) is 1.52. The monoisotopic (exact) mass is 321 g/mol. The number of benzene rings is 1. The highest BCUT2D eigenvalue weighted by atomic mass is 35.5. The number of amides is 2. The van der Waals surface area contributed by atoms with Crippen LogP contribution >= 0.6 is 11.6 Å². The SMILES string of the molecule is COC(=O)C1=NN[C@]2(C)C(=O)N(c3ccccc3Cl)C(=O)[C@H]12. The van der Waals surface area contributed by atoms with E-state index in [9.17, 15) is 14.4 Å². The van der Waals surface area contributed by atoms with Crippen LogP contribution in [0.3, 0.4) is 0 Å². The Morgan fingerprint density at radius 1 is 1.41 bits per heavy atom. The Balaban J connectivity index is 2.07. The van der Waals surface area contributed by atoms with Crippen LogP contribution < -0.4 is 10.3 Å². The van der Waals surface area contributed by atoms with E-state index in [1.165, 1.54) is 14.0 Å². The zero-order chi connectivity index (χ0) is 16.1. The number of hydrogen-bond donors (Lipinski definition) is 1. The van der Waals surface area contributed by atoms with Crippen LogP contribution in [0.5, 0.6) is 0 Å². The zero-order valence-corrected chi connectivity index (χ0v) is 12.5. The fourth-order valence-electron chi connectivity index (χ4n) is 2.70. The molecule has 2 heterocycles. The van der Waals surface area contributed by atoms with Gasteiger partial charge in [-0.25, -0.2) is 9.69 Å². The minimum atomic E-state index is -1.32. The second-order valence-corrected chi connectivity index (χ2v) is 5.57. The number of carbonyl (C=O) groups is 3. The van der Waals surface area contributed by atoms with Gasteiger partial charge in [0.2, 0.25) is 5.91 Å². The van der Waals surface area contributed by atoms with Crippen molar-refractivity contribution in [2.45, 2.75) is 12.5 Å². The smallest absolute Gasteiger partial charge is 0.355 e. The van der Waals surface area contributed by atoms with Crippen LogP contribution in [0.25, 0.3) is 0 Å². The fraction of sp³-hybridized carbons (Fsp3) is 0.286. The molecule has 1 aromatic rings. The lowest BCUT2D eigenvalue weighted by molar-refractivity contribution is -0.133. The summed E-state index contributed by atoms with van der Waals surface area (Å²) in [5, 5.41) is 4.07. The Labute approximate surface area is 130 Å². The van der Waals surface area contributed by atoms with Crippen LogP contribution in [0.4, 0.5) is 5.69 Å². The lowest BCUT2D eigenvalue weighted by atomic mass is 9.86. The first-order valence-electron chi connectivity index (χ1n) is 6.48. The summed E-state index contributed by atoms with van der Waals surface area (Å²) < 4.78 is 4.62. The summed E-state index contributed by atoms with van der Waals surface area (Å²) >= 11 is 6.07. The third-order valence-corrected chi connectivity index (χ3v) is 4.18. The molecule has 1 saturated heterocycles. The molecule has 22 heavy (non-hydrogen) atoms. The minimum Gasteiger partial charge on any atom is -0.464 e. The maximum Gasteiger partial charge on any atom is 0.355 e. The molecule has 8 heteroatoms. The third kappa shape index (κ3) is 1.75. The molecule has 2 amide bonds. The second-order valence-electron chi connectivity index (χ2n) is 5.17. The molecule has 114 valence electrons. The van der Waals surface area contributed by atoms with Crippen LogP contribution in [-0.2, 0) is 19.1 Å². The lowest BCUT2D eigenvalue weighted by Crippen LogP contribution is -2.48. The molecular formula is C14H12ClN3O4. The first kappa shape index (κ1) is 14.5. The van der Waals surface area contributed by atoms with Gasteiger partial charge >= 0.3 is 5.97 Å². The highest BCUT2D eigenvalue weighted by Gasteiger charge is 2.63. The van der Waals surface area contributed by atoms with E-state index in [4.69, 9.17) is 11.6 Å². The first-order chi connectivity index (χ1) is 10.4. The van der Waals surface area contributed by atoms with Crippen LogP contribution in [0.2, 0.25) is 5.02 Å². The predicted molar refractivity (Wildman–Crippen MR) is 78.4 cm³/mol. The molecule has 0 aliphatic carbocycles. The Bertz CT molecular complexity index is 733. The Morgan fingerprint density at radius 3 is 2.73 bits per heavy atom. The van der Waals surface area contributed by atoms with Crippen LogP contribution in [0.15, 0.2) is 29.4 Å². The van der Waals surface area contributed by atoms with Gasteiger partial charge < -0.3 is 4.74 Å². The molecule has 0 bridgehead atoms. The van der Waals surface area contributed by atoms with Gasteiger partial charge in [-0.15, -0.1) is 0 Å². The number of imide groups is 1. The first-order valence-corrected chi connectivity index (χ1v) is 6.85. The van der Waals surface area contributed by atoms with E-state index in [0.29, 0.717) is 0 Å². The number of para-hydroxylation sites is 1. The van der Waals surface area contributed by atoms with Crippen molar-refractivity contribution in [2.24, 2.45) is 11.0 Å². The Hall–Kier alpha value is -2.41. The van der Waals surface area contributed by atoms with E-state index in [-0.39, 0.29) is 16.4 Å². The lowest BCUT2D eigenvalue weighted by Gasteiger charge is -2.20. The van der Waals surface area contributed by atoms with Crippen molar-refractivity contribution in [1.29, 1.82) is 0 Å². The maximum absolute atomic E-state index is 12.7. The summed E-state index contributed by atoms with van der Waals surface area (Å²) in [6, 6.07) is 6.51. The van der Waals surface area contributed by atoms with E-state index >= 15 is 0 Å². The quantitative estimate of drug-likeness (QED) is 0.640. The molecule has 7 nitrogen and oxygen atoms in total. The number of methoxy groups -OCH3 is 1. The highest BCUT2D eigenvalue weighted by Crippen LogP contribution is 2.40. The molecule has 1 aromatic carbocycles. The van der Waals surface area contributed by atoms with E-state index in [2.05, 4.69) is 15.3 Å². The Morgan fingerprint density at radius 2 is 2.09 bits per heavy atom. The van der Waals surface area contributed by atoms with Crippen molar-refractivity contribution in [3.63, 3.8) is 0 Å². The number of esters is 1. The number of anilines is 1. The van der Waals surface area contributed by atoms with Crippen molar-refractivity contribution in [2.75, 3.05) is 12.0 Å². The molecular weight excluding hydrogens is 310 g/mol. The summed E-state index contributed by atoms with van der Waals surface area (Å²) in [5.74, 6) is -2.86. The molecule has 2 atom stereocenters. The van der Waals surface area contributed by atoms with Crippen LogP contribution in [0, 0.1) is 5.92 Å². The normalized spacial score (nSPS) is 26.6. The standard InChI is InChI=1S/C14H12ClN3O4/c1-14-9(10(16-17-14)12(20)22-2)11(19)18(13(14)21)8-6-4-3-5-7(8)15/h3-6,9,17H,1-2H3/t9-,14-/m0/s1. The number of carbonyl (C=O) groups excluding carboxylic acids is 3.